The molecule has 0 heterocycles. The monoisotopic (exact) mass is 232 g/mol. The molecule has 0 amide bonds. The minimum atomic E-state index is 0.685. The Labute approximate surface area is 105 Å². The summed E-state index contributed by atoms with van der Waals surface area (Å²) in [6, 6.07) is 10.6. The molecule has 0 bridgehead atoms. The van der Waals surface area contributed by atoms with E-state index in [0.717, 1.165) is 19.6 Å². The molecule has 2 nitrogen and oxygen atoms in total. The van der Waals surface area contributed by atoms with Crippen molar-refractivity contribution in [2.45, 2.75) is 32.7 Å². The van der Waals surface area contributed by atoms with Crippen LogP contribution in [-0.4, -0.2) is 19.6 Å². The third kappa shape index (κ3) is 4.88. The van der Waals surface area contributed by atoms with Crippen molar-refractivity contribution in [2.75, 3.05) is 19.6 Å². The lowest BCUT2D eigenvalue weighted by Gasteiger charge is -2.09. The molecule has 1 aromatic rings. The molecule has 0 aliphatic heterocycles. The second kappa shape index (κ2) is 6.18. The van der Waals surface area contributed by atoms with Gasteiger partial charge in [-0.05, 0) is 36.8 Å². The summed E-state index contributed by atoms with van der Waals surface area (Å²) in [7, 11) is 0. The largest absolute Gasteiger partial charge is 0.315 e. The lowest BCUT2D eigenvalue weighted by atomic mass is 10.1. The first-order chi connectivity index (χ1) is 8.29. The fourth-order valence-electron chi connectivity index (χ4n) is 1.98. The zero-order valence-electron chi connectivity index (χ0n) is 10.8. The highest BCUT2D eigenvalue weighted by Crippen LogP contribution is 2.47. The van der Waals surface area contributed by atoms with E-state index in [0.29, 0.717) is 5.41 Å². The fraction of sp³-hybridized carbons (Fsp3) is 0.600. The zero-order chi connectivity index (χ0) is 12.0. The molecule has 94 valence electrons. The third-order valence-corrected chi connectivity index (χ3v) is 3.66. The first-order valence-electron chi connectivity index (χ1n) is 6.74. The van der Waals surface area contributed by atoms with Crippen molar-refractivity contribution in [1.82, 2.24) is 10.6 Å². The van der Waals surface area contributed by atoms with Gasteiger partial charge in [0.2, 0.25) is 0 Å². The molecule has 0 spiro atoms. The Morgan fingerprint density at radius 3 is 2.41 bits per heavy atom. The lowest BCUT2D eigenvalue weighted by molar-refractivity contribution is 0.482. The SMILES string of the molecule is CC1(CCNCCNCc2ccccc2)CC1. The molecular formula is C15H24N2. The van der Waals surface area contributed by atoms with Crippen molar-refractivity contribution < 1.29 is 0 Å². The highest BCUT2D eigenvalue weighted by molar-refractivity contribution is 5.14. The Morgan fingerprint density at radius 1 is 1.00 bits per heavy atom. The van der Waals surface area contributed by atoms with Crippen LogP contribution in [0, 0.1) is 5.41 Å². The predicted molar refractivity (Wildman–Crippen MR) is 73.0 cm³/mol. The van der Waals surface area contributed by atoms with E-state index in [1.807, 2.05) is 0 Å². The Kier molecular flexibility index (Phi) is 4.57. The van der Waals surface area contributed by atoms with Crippen LogP contribution in [0.5, 0.6) is 0 Å². The van der Waals surface area contributed by atoms with Crippen molar-refractivity contribution >= 4 is 0 Å². The quantitative estimate of drug-likeness (QED) is 0.673. The Hall–Kier alpha value is -0.860. The number of hydrogen-bond donors (Lipinski definition) is 2. The normalized spacial score (nSPS) is 17.0. The molecule has 0 aromatic heterocycles. The van der Waals surface area contributed by atoms with Gasteiger partial charge in [0.05, 0.1) is 0 Å². The van der Waals surface area contributed by atoms with Gasteiger partial charge in [-0.2, -0.15) is 0 Å². The molecule has 2 rings (SSSR count). The van der Waals surface area contributed by atoms with Crippen molar-refractivity contribution in [3.05, 3.63) is 35.9 Å². The lowest BCUT2D eigenvalue weighted by Crippen LogP contribution is -2.28. The first-order valence-corrected chi connectivity index (χ1v) is 6.74. The molecule has 1 aliphatic carbocycles. The van der Waals surface area contributed by atoms with Crippen LogP contribution in [-0.2, 0) is 6.54 Å². The van der Waals surface area contributed by atoms with Crippen LogP contribution in [0.25, 0.3) is 0 Å². The van der Waals surface area contributed by atoms with E-state index in [1.165, 1.54) is 31.4 Å². The molecule has 0 unspecified atom stereocenters. The maximum absolute atomic E-state index is 3.51. The van der Waals surface area contributed by atoms with Gasteiger partial charge >= 0.3 is 0 Å². The molecule has 0 atom stereocenters. The standard InChI is InChI=1S/C15H24N2/c1-15(7-8-15)9-10-16-11-12-17-13-14-5-3-2-4-6-14/h2-6,16-17H,7-13H2,1H3. The summed E-state index contributed by atoms with van der Waals surface area (Å²) in [5.41, 5.74) is 2.04. The molecule has 1 fully saturated rings. The molecule has 1 aromatic carbocycles. The summed E-state index contributed by atoms with van der Waals surface area (Å²) in [6.45, 7) is 6.65. The van der Waals surface area contributed by atoms with Gasteiger partial charge < -0.3 is 10.6 Å². The number of benzene rings is 1. The third-order valence-electron chi connectivity index (χ3n) is 3.66. The van der Waals surface area contributed by atoms with Crippen LogP contribution in [0.4, 0.5) is 0 Å². The van der Waals surface area contributed by atoms with E-state index < -0.39 is 0 Å². The molecule has 17 heavy (non-hydrogen) atoms. The highest BCUT2D eigenvalue weighted by Gasteiger charge is 2.35. The van der Waals surface area contributed by atoms with Crippen LogP contribution >= 0.6 is 0 Å². The van der Waals surface area contributed by atoms with Crippen LogP contribution in [0.15, 0.2) is 30.3 Å². The van der Waals surface area contributed by atoms with Crippen LogP contribution in [0.1, 0.15) is 31.7 Å². The van der Waals surface area contributed by atoms with Crippen molar-refractivity contribution in [3.63, 3.8) is 0 Å². The summed E-state index contributed by atoms with van der Waals surface area (Å²) in [4.78, 5) is 0. The summed E-state index contributed by atoms with van der Waals surface area (Å²) in [5.74, 6) is 0. The van der Waals surface area contributed by atoms with Gasteiger partial charge in [-0.1, -0.05) is 37.3 Å². The molecule has 0 saturated heterocycles. The maximum atomic E-state index is 3.51. The topological polar surface area (TPSA) is 24.1 Å². The summed E-state index contributed by atoms with van der Waals surface area (Å²) in [6.07, 6.45) is 4.20. The molecule has 1 aliphatic rings. The molecular weight excluding hydrogens is 208 g/mol. The maximum Gasteiger partial charge on any atom is 0.0206 e. The second-order valence-electron chi connectivity index (χ2n) is 5.47. The fourth-order valence-corrected chi connectivity index (χ4v) is 1.98. The minimum Gasteiger partial charge on any atom is -0.315 e. The highest BCUT2D eigenvalue weighted by atomic mass is 14.9. The van der Waals surface area contributed by atoms with E-state index >= 15 is 0 Å². The van der Waals surface area contributed by atoms with Gasteiger partial charge in [0.15, 0.2) is 0 Å². The van der Waals surface area contributed by atoms with Gasteiger partial charge in [0, 0.05) is 19.6 Å². The summed E-state index contributed by atoms with van der Waals surface area (Å²) in [5, 5.41) is 6.96. The minimum absolute atomic E-state index is 0.685. The van der Waals surface area contributed by atoms with E-state index in [1.54, 1.807) is 0 Å². The Balaban J connectivity index is 1.44. The summed E-state index contributed by atoms with van der Waals surface area (Å²) >= 11 is 0. The van der Waals surface area contributed by atoms with Gasteiger partial charge in [-0.3, -0.25) is 0 Å². The van der Waals surface area contributed by atoms with Crippen LogP contribution in [0.3, 0.4) is 0 Å². The van der Waals surface area contributed by atoms with Crippen molar-refractivity contribution in [3.8, 4) is 0 Å². The Morgan fingerprint density at radius 2 is 1.71 bits per heavy atom. The van der Waals surface area contributed by atoms with E-state index in [4.69, 9.17) is 0 Å². The van der Waals surface area contributed by atoms with Gasteiger partial charge in [0.1, 0.15) is 0 Å². The van der Waals surface area contributed by atoms with Crippen LogP contribution < -0.4 is 10.6 Å². The molecule has 1 saturated carbocycles. The average molecular weight is 232 g/mol. The Bertz CT molecular complexity index is 317. The zero-order valence-corrected chi connectivity index (χ0v) is 10.8. The number of hydrogen-bond acceptors (Lipinski definition) is 2. The van der Waals surface area contributed by atoms with E-state index in [-0.39, 0.29) is 0 Å². The van der Waals surface area contributed by atoms with E-state index in [2.05, 4.69) is 47.9 Å². The van der Waals surface area contributed by atoms with Crippen molar-refractivity contribution in [2.24, 2.45) is 5.41 Å². The molecule has 0 radical (unpaired) electrons. The number of rotatable bonds is 8. The summed E-state index contributed by atoms with van der Waals surface area (Å²) < 4.78 is 0. The molecule has 2 N–H and O–H groups in total. The second-order valence-corrected chi connectivity index (χ2v) is 5.47. The van der Waals surface area contributed by atoms with Gasteiger partial charge in [-0.15, -0.1) is 0 Å². The smallest absolute Gasteiger partial charge is 0.0206 e. The van der Waals surface area contributed by atoms with Gasteiger partial charge in [0.25, 0.3) is 0 Å². The van der Waals surface area contributed by atoms with Crippen LogP contribution in [0.2, 0.25) is 0 Å². The van der Waals surface area contributed by atoms with Crippen molar-refractivity contribution in [1.29, 1.82) is 0 Å². The average Bonchev–Trinajstić information content (AvgIpc) is 3.08. The first kappa shape index (κ1) is 12.6. The predicted octanol–water partition coefficient (Wildman–Crippen LogP) is 2.56. The number of nitrogens with one attached hydrogen (secondary N) is 2. The van der Waals surface area contributed by atoms with E-state index in [9.17, 15) is 0 Å². The molecule has 2 heteroatoms. The van der Waals surface area contributed by atoms with Gasteiger partial charge in [-0.25, -0.2) is 0 Å².